The maximum atomic E-state index is 11.7. The number of aryl methyl sites for hydroxylation is 2. The molecule has 13 heteroatoms. The van der Waals surface area contributed by atoms with Crippen molar-refractivity contribution < 1.29 is 45.6 Å². The number of hydrogen-bond donors (Lipinski definition) is 2. The van der Waals surface area contributed by atoms with E-state index in [0.717, 1.165) is 67.9 Å². The van der Waals surface area contributed by atoms with Gasteiger partial charge in [-0.1, -0.05) is 133 Å². The number of aromatic hydroxyl groups is 1. The summed E-state index contributed by atoms with van der Waals surface area (Å²) in [5.41, 5.74) is 2.02. The Kier molecular flexibility index (Phi) is 22.3. The van der Waals surface area contributed by atoms with Crippen molar-refractivity contribution in [3.8, 4) is 34.5 Å². The third-order valence-corrected chi connectivity index (χ3v) is 10.4. The molecule has 2 N–H and O–H groups in total. The molecule has 0 bridgehead atoms. The van der Waals surface area contributed by atoms with E-state index in [4.69, 9.17) is 9.47 Å². The molecule has 0 aromatic heterocycles. The van der Waals surface area contributed by atoms with E-state index in [1.54, 1.807) is 6.07 Å². The number of unbranched alkanes of at least 4 members (excludes halogenated alkanes) is 12. The quantitative estimate of drug-likeness (QED) is 0.0441. The number of ether oxygens (including phenoxy) is 2. The first-order chi connectivity index (χ1) is 25.8. The number of para-hydroxylation sites is 2. The second-order valence-corrected chi connectivity index (χ2v) is 16.2. The minimum absolute atomic E-state index is 0. The molecular weight excluding hydrogens is 769 g/mol. The van der Waals surface area contributed by atoms with E-state index in [1.165, 1.54) is 82.4 Å². The van der Waals surface area contributed by atoms with Gasteiger partial charge in [-0.15, -0.1) is 5.75 Å². The van der Waals surface area contributed by atoms with Crippen LogP contribution >= 0.6 is 0 Å². The van der Waals surface area contributed by atoms with Gasteiger partial charge < -0.3 is 24.2 Å². The summed E-state index contributed by atoms with van der Waals surface area (Å²) < 4.78 is 76.9. The number of benzene rings is 4. The Morgan fingerprint density at radius 2 is 0.982 bits per heavy atom. The van der Waals surface area contributed by atoms with E-state index in [9.17, 15) is 36.2 Å². The molecule has 0 fully saturated rings. The van der Waals surface area contributed by atoms with Crippen molar-refractivity contribution in [3.63, 3.8) is 0 Å². The normalized spacial score (nSPS) is 11.3. The van der Waals surface area contributed by atoms with Crippen molar-refractivity contribution in [1.82, 2.24) is 0 Å². The predicted octanol–water partition coefficient (Wildman–Crippen LogP) is 10.1. The van der Waals surface area contributed by atoms with E-state index in [1.807, 2.05) is 42.5 Å². The van der Waals surface area contributed by atoms with Gasteiger partial charge in [0.25, 0.3) is 10.1 Å². The van der Waals surface area contributed by atoms with Crippen LogP contribution in [0, 0.1) is 0 Å². The summed E-state index contributed by atoms with van der Waals surface area (Å²) in [6, 6.07) is 21.6. The molecule has 0 heterocycles. The van der Waals surface area contributed by atoms with E-state index in [0.29, 0.717) is 11.5 Å². The minimum Gasteiger partial charge on any atom is -0.872 e. The van der Waals surface area contributed by atoms with Gasteiger partial charge in [-0.3, -0.25) is 4.55 Å². The number of hydrogen-bond acceptors (Lipinski definition) is 9. The molecule has 4 rings (SSSR count). The maximum absolute atomic E-state index is 11.7. The smallest absolute Gasteiger partial charge is 0.872 e. The van der Waals surface area contributed by atoms with Crippen LogP contribution in [0.2, 0.25) is 0 Å². The largest absolute Gasteiger partial charge is 2.00 e. The van der Waals surface area contributed by atoms with E-state index in [2.05, 4.69) is 13.8 Å². The summed E-state index contributed by atoms with van der Waals surface area (Å²) in [6.45, 7) is 4.41. The summed E-state index contributed by atoms with van der Waals surface area (Å²) in [6.07, 6.45) is 18.7. The fraction of sp³-hybridized carbons (Fsp3) is 0.429. The fourth-order valence-corrected chi connectivity index (χ4v) is 6.99. The molecule has 0 atom stereocenters. The molecule has 10 nitrogen and oxygen atoms in total. The predicted molar refractivity (Wildman–Crippen MR) is 214 cm³/mol. The molecule has 296 valence electrons. The van der Waals surface area contributed by atoms with Gasteiger partial charge in [0.1, 0.15) is 43.8 Å². The van der Waals surface area contributed by atoms with Gasteiger partial charge in [-0.05, 0) is 61.1 Å². The molecule has 0 amide bonds. The van der Waals surface area contributed by atoms with Crippen molar-refractivity contribution >= 4 is 58.0 Å². The van der Waals surface area contributed by atoms with Gasteiger partial charge in [0.15, 0.2) is 0 Å². The molecule has 0 aliphatic rings. The molecule has 55 heavy (non-hydrogen) atoms. The zero-order chi connectivity index (χ0) is 39.4. The molecule has 0 unspecified atom stereocenters. The van der Waals surface area contributed by atoms with Gasteiger partial charge in [0.2, 0.25) is 0 Å². The first-order valence-corrected chi connectivity index (χ1v) is 21.8. The van der Waals surface area contributed by atoms with E-state index < -0.39 is 35.8 Å². The van der Waals surface area contributed by atoms with Crippen molar-refractivity contribution in [2.24, 2.45) is 0 Å². The first-order valence-electron chi connectivity index (χ1n) is 18.9. The van der Waals surface area contributed by atoms with Gasteiger partial charge in [0, 0.05) is 18.2 Å². The standard InChI is InChI=1S/2C21H28O5S.Ca/c2*1-2-3-4-5-6-7-8-11-17-12-9-10-13-21(17)26-19-14-18(22)15-20(16-19)27(23,24)25;/h2*9-10,12-16,22H,2-8,11H2,1H3,(H,23,24,25);/q;;+2/p-2. The number of phenols is 1. The molecular formula is C42H54CaO10S2. The third-order valence-electron chi connectivity index (χ3n) is 8.81. The van der Waals surface area contributed by atoms with Crippen LogP contribution in [0.4, 0.5) is 0 Å². The molecule has 0 saturated carbocycles. The van der Waals surface area contributed by atoms with Crippen molar-refractivity contribution in [1.29, 1.82) is 0 Å². The molecule has 0 saturated heterocycles. The van der Waals surface area contributed by atoms with Crippen molar-refractivity contribution in [2.75, 3.05) is 0 Å². The summed E-state index contributed by atoms with van der Waals surface area (Å²) in [5, 5.41) is 21.4. The zero-order valence-corrected chi connectivity index (χ0v) is 35.9. The van der Waals surface area contributed by atoms with E-state index in [-0.39, 0.29) is 55.0 Å². The SMILES string of the molecule is CCCCCCCCCc1ccccc1Oc1cc(O)cc(S(=O)(=O)O)c1.CCCCCCCCCc1ccccc1Oc1cc([O-])cc(S(=O)(=O)[O-])c1.[Ca+2]. The maximum Gasteiger partial charge on any atom is 2.00 e. The Balaban J connectivity index is 0.000000373. The Bertz CT molecular complexity index is 1810. The molecule has 0 aliphatic carbocycles. The molecule has 0 radical (unpaired) electrons. The Hall–Kier alpha value is -2.84. The summed E-state index contributed by atoms with van der Waals surface area (Å²) in [4.78, 5) is -0.975. The van der Waals surface area contributed by atoms with E-state index >= 15 is 0 Å². The van der Waals surface area contributed by atoms with Crippen LogP contribution < -0.4 is 14.6 Å². The van der Waals surface area contributed by atoms with Crippen LogP contribution in [-0.2, 0) is 33.1 Å². The van der Waals surface area contributed by atoms with Gasteiger partial charge in [-0.2, -0.15) is 8.42 Å². The second kappa shape index (κ2) is 25.4. The summed E-state index contributed by atoms with van der Waals surface area (Å²) in [7, 11) is -9.13. The van der Waals surface area contributed by atoms with Crippen LogP contribution in [0.3, 0.4) is 0 Å². The average Bonchev–Trinajstić information content (AvgIpc) is 3.11. The molecule has 0 aliphatic heterocycles. The van der Waals surface area contributed by atoms with Crippen LogP contribution in [0.15, 0.2) is 94.7 Å². The Labute approximate surface area is 357 Å². The average molecular weight is 823 g/mol. The van der Waals surface area contributed by atoms with Crippen molar-refractivity contribution in [3.05, 3.63) is 96.1 Å². The topological polar surface area (TPSA) is 173 Å². The fourth-order valence-electron chi connectivity index (χ4n) is 5.93. The molecule has 4 aromatic carbocycles. The van der Waals surface area contributed by atoms with Crippen LogP contribution in [0.1, 0.15) is 115 Å². The first kappa shape index (κ1) is 48.3. The Morgan fingerprint density at radius 3 is 1.44 bits per heavy atom. The minimum atomic E-state index is -4.71. The summed E-state index contributed by atoms with van der Waals surface area (Å²) in [5.74, 6) is 0.549. The van der Waals surface area contributed by atoms with Crippen LogP contribution in [0.5, 0.6) is 34.5 Å². The monoisotopic (exact) mass is 822 g/mol. The van der Waals surface area contributed by atoms with Gasteiger partial charge in [-0.25, -0.2) is 8.42 Å². The zero-order valence-electron chi connectivity index (χ0n) is 32.1. The van der Waals surface area contributed by atoms with Gasteiger partial charge >= 0.3 is 37.7 Å². The van der Waals surface area contributed by atoms with Crippen LogP contribution in [-0.4, -0.2) is 68.8 Å². The summed E-state index contributed by atoms with van der Waals surface area (Å²) >= 11 is 0. The molecule has 0 spiro atoms. The molecule has 4 aromatic rings. The second-order valence-electron chi connectivity index (χ2n) is 13.4. The van der Waals surface area contributed by atoms with Crippen molar-refractivity contribution in [2.45, 2.75) is 126 Å². The van der Waals surface area contributed by atoms with Gasteiger partial charge in [0.05, 0.1) is 4.90 Å². The number of phenolic OH excluding ortho intramolecular Hbond substituents is 1. The Morgan fingerprint density at radius 1 is 0.564 bits per heavy atom. The third kappa shape index (κ3) is 18.8. The number of rotatable bonds is 22. The van der Waals surface area contributed by atoms with Crippen LogP contribution in [0.25, 0.3) is 0 Å².